The first kappa shape index (κ1) is 18.8. The van der Waals surface area contributed by atoms with Crippen molar-refractivity contribution in [3.63, 3.8) is 0 Å². The third-order valence-corrected chi connectivity index (χ3v) is 3.70. The van der Waals surface area contributed by atoms with E-state index >= 15 is 0 Å². The second-order valence-electron chi connectivity index (χ2n) is 5.19. The molecule has 0 atom stereocenters. The van der Waals surface area contributed by atoms with Gasteiger partial charge in [-0.25, -0.2) is 9.59 Å². The zero-order valence-corrected chi connectivity index (χ0v) is 15.6. The summed E-state index contributed by atoms with van der Waals surface area (Å²) in [6.07, 6.45) is -1.09. The summed E-state index contributed by atoms with van der Waals surface area (Å²) in [5, 5.41) is 3.13. The number of anilines is 2. The van der Waals surface area contributed by atoms with Crippen LogP contribution in [0.2, 0.25) is 0 Å². The second kappa shape index (κ2) is 9.08. The van der Waals surface area contributed by atoms with Gasteiger partial charge in [0.15, 0.2) is 0 Å². The Morgan fingerprint density at radius 2 is 1.88 bits per heavy atom. The molecule has 1 N–H and O–H groups in total. The van der Waals surface area contributed by atoms with Crippen LogP contribution < -0.4 is 15.0 Å². The smallest absolute Gasteiger partial charge is 0.419 e. The van der Waals surface area contributed by atoms with E-state index in [1.54, 1.807) is 24.3 Å². The van der Waals surface area contributed by atoms with E-state index in [1.807, 2.05) is 31.2 Å². The van der Waals surface area contributed by atoms with Crippen molar-refractivity contribution in [2.24, 2.45) is 0 Å². The van der Waals surface area contributed by atoms with Gasteiger partial charge >= 0.3 is 12.2 Å². The van der Waals surface area contributed by atoms with Crippen molar-refractivity contribution in [1.29, 1.82) is 0 Å². The maximum Gasteiger partial charge on any atom is 0.419 e. The molecule has 0 bridgehead atoms. The molecule has 0 aliphatic rings. The number of hydrogen-bond donors (Lipinski definition) is 1. The Kier molecular flexibility index (Phi) is 6.82. The number of nitrogens with zero attached hydrogens (tertiary/aromatic N) is 1. The van der Waals surface area contributed by atoms with E-state index in [0.717, 1.165) is 11.3 Å². The molecule has 0 saturated heterocycles. The third-order valence-electron chi connectivity index (χ3n) is 3.35. The van der Waals surface area contributed by atoms with Crippen molar-refractivity contribution in [3.8, 4) is 5.75 Å². The predicted octanol–water partition coefficient (Wildman–Crippen LogP) is 4.57. The summed E-state index contributed by atoms with van der Waals surface area (Å²) in [5.74, 6) is 0.325. The number of methoxy groups -OCH3 is 1. The Morgan fingerprint density at radius 3 is 2.52 bits per heavy atom. The molecule has 2 aromatic rings. The van der Waals surface area contributed by atoms with E-state index in [0.29, 0.717) is 23.3 Å². The monoisotopic (exact) mass is 406 g/mol. The van der Waals surface area contributed by atoms with Gasteiger partial charge in [-0.05, 0) is 31.2 Å². The van der Waals surface area contributed by atoms with E-state index in [9.17, 15) is 9.59 Å². The highest BCUT2D eigenvalue weighted by molar-refractivity contribution is 9.09. The molecule has 0 aliphatic carbocycles. The standard InChI is InChI=1S/C18H19BrN2O4/c1-13-6-8-15(9-7-13)21(11-10-19)18(23)25-16-5-3-4-14(12-16)20-17(22)24-2/h3-9,12H,10-11H2,1-2H3,(H,20,22). The summed E-state index contributed by atoms with van der Waals surface area (Å²) in [6, 6.07) is 14.1. The minimum absolute atomic E-state index is 0.325. The molecular weight excluding hydrogens is 388 g/mol. The van der Waals surface area contributed by atoms with Gasteiger partial charge in [0.25, 0.3) is 0 Å². The van der Waals surface area contributed by atoms with E-state index in [4.69, 9.17) is 4.74 Å². The maximum atomic E-state index is 12.5. The number of halogens is 1. The highest BCUT2D eigenvalue weighted by atomic mass is 79.9. The average molecular weight is 407 g/mol. The fourth-order valence-electron chi connectivity index (χ4n) is 2.10. The van der Waals surface area contributed by atoms with Crippen LogP contribution in [0.15, 0.2) is 48.5 Å². The molecule has 0 unspecified atom stereocenters. The van der Waals surface area contributed by atoms with Gasteiger partial charge in [-0.1, -0.05) is 39.7 Å². The molecule has 2 rings (SSSR count). The fourth-order valence-corrected chi connectivity index (χ4v) is 2.45. The van der Waals surface area contributed by atoms with Crippen molar-refractivity contribution >= 4 is 39.5 Å². The molecule has 0 spiro atoms. The molecule has 0 aromatic heterocycles. The zero-order chi connectivity index (χ0) is 18.2. The number of carbonyl (C=O) groups excluding carboxylic acids is 2. The predicted molar refractivity (Wildman–Crippen MR) is 101 cm³/mol. The molecule has 6 nitrogen and oxygen atoms in total. The van der Waals surface area contributed by atoms with Gasteiger partial charge in [0.1, 0.15) is 5.75 Å². The lowest BCUT2D eigenvalue weighted by atomic mass is 10.2. The summed E-state index contributed by atoms with van der Waals surface area (Å²) < 4.78 is 9.99. The topological polar surface area (TPSA) is 67.9 Å². The molecule has 0 radical (unpaired) electrons. The molecule has 2 aromatic carbocycles. The molecule has 0 heterocycles. The molecule has 2 amide bonds. The number of hydrogen-bond acceptors (Lipinski definition) is 4. The lowest BCUT2D eigenvalue weighted by Crippen LogP contribution is -2.35. The van der Waals surface area contributed by atoms with Crippen molar-refractivity contribution in [2.75, 3.05) is 29.2 Å². The zero-order valence-electron chi connectivity index (χ0n) is 14.0. The largest absolute Gasteiger partial charge is 0.453 e. The third kappa shape index (κ3) is 5.49. The van der Waals surface area contributed by atoms with E-state index < -0.39 is 12.2 Å². The SMILES string of the molecule is COC(=O)Nc1cccc(OC(=O)N(CCBr)c2ccc(C)cc2)c1. The Balaban J connectivity index is 2.14. The number of rotatable bonds is 5. The molecule has 0 saturated carbocycles. The lowest BCUT2D eigenvalue weighted by Gasteiger charge is -2.21. The minimum Gasteiger partial charge on any atom is -0.453 e. The van der Waals surface area contributed by atoms with Crippen molar-refractivity contribution in [1.82, 2.24) is 0 Å². The van der Waals surface area contributed by atoms with Crippen LogP contribution in [0.1, 0.15) is 5.56 Å². The Hall–Kier alpha value is -2.54. The number of ether oxygens (including phenoxy) is 2. The number of carbonyl (C=O) groups is 2. The number of nitrogens with one attached hydrogen (secondary N) is 1. The maximum absolute atomic E-state index is 12.5. The van der Waals surface area contributed by atoms with Crippen LogP contribution >= 0.6 is 15.9 Å². The minimum atomic E-state index is -0.593. The molecular formula is C18H19BrN2O4. The van der Waals surface area contributed by atoms with Gasteiger partial charge in [-0.3, -0.25) is 10.2 Å². The second-order valence-corrected chi connectivity index (χ2v) is 5.98. The Bertz CT molecular complexity index is 734. The number of alkyl halides is 1. The Morgan fingerprint density at radius 1 is 1.16 bits per heavy atom. The molecule has 132 valence electrons. The summed E-state index contributed by atoms with van der Waals surface area (Å²) >= 11 is 3.35. The van der Waals surface area contributed by atoms with Crippen LogP contribution in [0.25, 0.3) is 0 Å². The van der Waals surface area contributed by atoms with E-state index in [2.05, 4.69) is 26.0 Å². The fraction of sp³-hybridized carbons (Fsp3) is 0.222. The molecule has 0 fully saturated rings. The van der Waals surface area contributed by atoms with Gasteiger partial charge in [0.05, 0.1) is 7.11 Å². The highest BCUT2D eigenvalue weighted by Crippen LogP contribution is 2.21. The average Bonchev–Trinajstić information content (AvgIpc) is 2.60. The summed E-state index contributed by atoms with van der Waals surface area (Å²) in [6.45, 7) is 2.44. The molecule has 0 aliphatic heterocycles. The van der Waals surface area contributed by atoms with Crippen LogP contribution in [-0.4, -0.2) is 31.2 Å². The summed E-state index contributed by atoms with van der Waals surface area (Å²) in [7, 11) is 1.28. The van der Waals surface area contributed by atoms with Crippen LogP contribution in [-0.2, 0) is 4.74 Å². The summed E-state index contributed by atoms with van der Waals surface area (Å²) in [4.78, 5) is 25.4. The van der Waals surface area contributed by atoms with E-state index in [-0.39, 0.29) is 0 Å². The number of benzene rings is 2. The van der Waals surface area contributed by atoms with Gasteiger partial charge in [0, 0.05) is 29.3 Å². The molecule has 7 heteroatoms. The van der Waals surface area contributed by atoms with Crippen molar-refractivity contribution < 1.29 is 19.1 Å². The Labute approximate surface area is 154 Å². The number of amides is 2. The normalized spacial score (nSPS) is 10.0. The lowest BCUT2D eigenvalue weighted by molar-refractivity contribution is 0.187. The van der Waals surface area contributed by atoms with Gasteiger partial charge in [-0.2, -0.15) is 0 Å². The van der Waals surface area contributed by atoms with Crippen molar-refractivity contribution in [3.05, 3.63) is 54.1 Å². The summed E-state index contributed by atoms with van der Waals surface area (Å²) in [5.41, 5.74) is 2.33. The van der Waals surface area contributed by atoms with E-state index in [1.165, 1.54) is 12.0 Å². The van der Waals surface area contributed by atoms with Crippen LogP contribution in [0.3, 0.4) is 0 Å². The van der Waals surface area contributed by atoms with Gasteiger partial charge in [0.2, 0.25) is 0 Å². The van der Waals surface area contributed by atoms with Gasteiger partial charge < -0.3 is 9.47 Å². The highest BCUT2D eigenvalue weighted by Gasteiger charge is 2.17. The first-order valence-corrected chi connectivity index (χ1v) is 8.72. The molecule has 25 heavy (non-hydrogen) atoms. The van der Waals surface area contributed by atoms with Crippen LogP contribution in [0.4, 0.5) is 21.0 Å². The number of aryl methyl sites for hydroxylation is 1. The van der Waals surface area contributed by atoms with Crippen molar-refractivity contribution in [2.45, 2.75) is 6.92 Å². The van der Waals surface area contributed by atoms with Crippen LogP contribution in [0, 0.1) is 6.92 Å². The first-order valence-electron chi connectivity index (χ1n) is 7.60. The van der Waals surface area contributed by atoms with Crippen LogP contribution in [0.5, 0.6) is 5.75 Å². The quantitative estimate of drug-likeness (QED) is 0.738. The van der Waals surface area contributed by atoms with Gasteiger partial charge in [-0.15, -0.1) is 0 Å². The first-order chi connectivity index (χ1) is 12.0.